The molecule has 0 aliphatic carbocycles. The topological polar surface area (TPSA) is 37.8 Å². The fourth-order valence-electron chi connectivity index (χ4n) is 2.48. The molecule has 1 N–H and O–H groups in total. The Morgan fingerprint density at radius 1 is 1.00 bits per heavy atom. The van der Waals surface area contributed by atoms with Gasteiger partial charge in [0.15, 0.2) is 0 Å². The summed E-state index contributed by atoms with van der Waals surface area (Å²) in [5.74, 6) is 0. The first-order valence-electron chi connectivity index (χ1n) is 6.97. The number of halogens is 1. The van der Waals surface area contributed by atoms with Crippen LogP contribution < -0.4 is 5.32 Å². The van der Waals surface area contributed by atoms with Gasteiger partial charge >= 0.3 is 0 Å². The van der Waals surface area contributed by atoms with E-state index in [1.165, 1.54) is 0 Å². The summed E-state index contributed by atoms with van der Waals surface area (Å²) < 4.78 is 0. The van der Waals surface area contributed by atoms with E-state index in [1.807, 2.05) is 24.3 Å². The van der Waals surface area contributed by atoms with Crippen LogP contribution in [0.2, 0.25) is 5.02 Å². The minimum Gasteiger partial charge on any atom is -0.307 e. The quantitative estimate of drug-likeness (QED) is 0.791. The predicted octanol–water partition coefficient (Wildman–Crippen LogP) is 3.98. The molecule has 0 saturated carbocycles. The van der Waals surface area contributed by atoms with Gasteiger partial charge in [-0.25, -0.2) is 0 Å². The smallest absolute Gasteiger partial charge is 0.0890 e. The Hall–Kier alpha value is -1.97. The van der Waals surface area contributed by atoms with Gasteiger partial charge in [0.25, 0.3) is 0 Å². The lowest BCUT2D eigenvalue weighted by molar-refractivity contribution is 0.631. The largest absolute Gasteiger partial charge is 0.307 e. The van der Waals surface area contributed by atoms with Crippen molar-refractivity contribution < 1.29 is 0 Å². The molecule has 0 radical (unpaired) electrons. The monoisotopic (exact) mass is 297 g/mol. The minimum atomic E-state index is 0.0973. The van der Waals surface area contributed by atoms with Crippen molar-refractivity contribution in [2.45, 2.75) is 13.0 Å². The molecule has 0 fully saturated rings. The predicted molar refractivity (Wildman–Crippen MR) is 86.5 cm³/mol. The van der Waals surface area contributed by atoms with Crippen LogP contribution in [0.15, 0.2) is 54.9 Å². The van der Waals surface area contributed by atoms with Gasteiger partial charge in [-0.3, -0.25) is 9.97 Å². The molecular formula is C17H16ClN3. The Labute approximate surface area is 129 Å². The van der Waals surface area contributed by atoms with Gasteiger partial charge in [-0.1, -0.05) is 36.7 Å². The van der Waals surface area contributed by atoms with Crippen molar-refractivity contribution >= 4 is 22.6 Å². The summed E-state index contributed by atoms with van der Waals surface area (Å²) in [5.41, 5.74) is 4.11. The van der Waals surface area contributed by atoms with E-state index in [9.17, 15) is 0 Å². The molecule has 3 nitrogen and oxygen atoms in total. The highest BCUT2D eigenvalue weighted by molar-refractivity contribution is 6.30. The fourth-order valence-corrected chi connectivity index (χ4v) is 2.68. The molecule has 0 aliphatic heterocycles. The second-order valence-electron chi connectivity index (χ2n) is 4.85. The highest BCUT2D eigenvalue weighted by atomic mass is 35.5. The van der Waals surface area contributed by atoms with E-state index in [2.05, 4.69) is 40.4 Å². The second kappa shape index (κ2) is 6.20. The first kappa shape index (κ1) is 14.0. The molecule has 4 heteroatoms. The number of hydrogen-bond donors (Lipinski definition) is 1. The van der Waals surface area contributed by atoms with Crippen LogP contribution >= 0.6 is 11.6 Å². The van der Waals surface area contributed by atoms with Crippen LogP contribution in [0.3, 0.4) is 0 Å². The van der Waals surface area contributed by atoms with E-state index in [4.69, 9.17) is 11.6 Å². The normalized spacial score (nSPS) is 12.5. The number of nitrogens with zero attached hydrogens (tertiary/aromatic N) is 2. The third-order valence-electron chi connectivity index (χ3n) is 3.42. The van der Waals surface area contributed by atoms with E-state index in [-0.39, 0.29) is 6.04 Å². The summed E-state index contributed by atoms with van der Waals surface area (Å²) in [7, 11) is 0. The van der Waals surface area contributed by atoms with Gasteiger partial charge in [0.2, 0.25) is 0 Å². The van der Waals surface area contributed by atoms with Crippen molar-refractivity contribution in [1.29, 1.82) is 0 Å². The lowest BCUT2D eigenvalue weighted by Gasteiger charge is -2.19. The Morgan fingerprint density at radius 2 is 1.76 bits per heavy atom. The van der Waals surface area contributed by atoms with Crippen LogP contribution in [0.1, 0.15) is 24.1 Å². The summed E-state index contributed by atoms with van der Waals surface area (Å²) in [6, 6.07) is 14.2. The lowest BCUT2D eigenvalue weighted by Crippen LogP contribution is -2.22. The molecule has 1 heterocycles. The Morgan fingerprint density at radius 3 is 2.52 bits per heavy atom. The van der Waals surface area contributed by atoms with Crippen LogP contribution in [0, 0.1) is 0 Å². The van der Waals surface area contributed by atoms with Crippen molar-refractivity contribution in [1.82, 2.24) is 15.3 Å². The third-order valence-corrected chi connectivity index (χ3v) is 3.65. The van der Waals surface area contributed by atoms with Gasteiger partial charge in [0.1, 0.15) is 0 Å². The molecular weight excluding hydrogens is 282 g/mol. The molecule has 0 aliphatic rings. The molecule has 1 aromatic heterocycles. The standard InChI is InChI=1S/C17H16ClN3/c1-2-19-17(12-4-3-5-14(18)10-12)13-6-7-15-16(11-13)21-9-8-20-15/h3-11,17,19H,2H2,1H3. The van der Waals surface area contributed by atoms with E-state index >= 15 is 0 Å². The zero-order valence-electron chi connectivity index (χ0n) is 11.8. The maximum Gasteiger partial charge on any atom is 0.0890 e. The number of hydrogen-bond acceptors (Lipinski definition) is 3. The maximum atomic E-state index is 6.12. The van der Waals surface area contributed by atoms with E-state index in [1.54, 1.807) is 12.4 Å². The first-order valence-corrected chi connectivity index (χ1v) is 7.35. The highest BCUT2D eigenvalue weighted by Crippen LogP contribution is 2.26. The lowest BCUT2D eigenvalue weighted by atomic mass is 9.98. The molecule has 106 valence electrons. The van der Waals surface area contributed by atoms with Gasteiger partial charge in [0.05, 0.1) is 17.1 Å². The summed E-state index contributed by atoms with van der Waals surface area (Å²) >= 11 is 6.12. The summed E-state index contributed by atoms with van der Waals surface area (Å²) in [6.45, 7) is 2.97. The molecule has 3 aromatic rings. The molecule has 3 rings (SSSR count). The number of fused-ring (bicyclic) bond motifs is 1. The summed E-state index contributed by atoms with van der Waals surface area (Å²) in [4.78, 5) is 8.69. The van der Waals surface area contributed by atoms with Crippen LogP contribution in [0.4, 0.5) is 0 Å². The van der Waals surface area contributed by atoms with E-state index in [0.717, 1.165) is 33.7 Å². The van der Waals surface area contributed by atoms with Gasteiger partial charge < -0.3 is 5.32 Å². The highest BCUT2D eigenvalue weighted by Gasteiger charge is 2.14. The average Bonchev–Trinajstić information content (AvgIpc) is 2.52. The van der Waals surface area contributed by atoms with Gasteiger partial charge in [0, 0.05) is 17.4 Å². The zero-order valence-corrected chi connectivity index (χ0v) is 12.5. The van der Waals surface area contributed by atoms with Crippen molar-refractivity contribution in [3.8, 4) is 0 Å². The van der Waals surface area contributed by atoms with Crippen molar-refractivity contribution in [2.75, 3.05) is 6.54 Å². The number of aromatic nitrogens is 2. The first-order chi connectivity index (χ1) is 10.3. The molecule has 2 aromatic carbocycles. The fraction of sp³-hybridized carbons (Fsp3) is 0.176. The molecule has 21 heavy (non-hydrogen) atoms. The van der Waals surface area contributed by atoms with Gasteiger partial charge in [-0.2, -0.15) is 0 Å². The van der Waals surface area contributed by atoms with Crippen LogP contribution in [0.25, 0.3) is 11.0 Å². The minimum absolute atomic E-state index is 0.0973. The average molecular weight is 298 g/mol. The van der Waals surface area contributed by atoms with Crippen LogP contribution in [-0.4, -0.2) is 16.5 Å². The van der Waals surface area contributed by atoms with Gasteiger partial charge in [-0.15, -0.1) is 0 Å². The van der Waals surface area contributed by atoms with Gasteiger partial charge in [-0.05, 0) is 41.9 Å². The zero-order chi connectivity index (χ0) is 14.7. The molecule has 1 unspecified atom stereocenters. The maximum absolute atomic E-state index is 6.12. The molecule has 0 saturated heterocycles. The summed E-state index contributed by atoms with van der Waals surface area (Å²) in [6.07, 6.45) is 3.43. The Kier molecular flexibility index (Phi) is 4.13. The second-order valence-corrected chi connectivity index (χ2v) is 5.29. The van der Waals surface area contributed by atoms with Crippen molar-refractivity contribution in [2.24, 2.45) is 0 Å². The Bertz CT molecular complexity index is 758. The molecule has 1 atom stereocenters. The summed E-state index contributed by atoms with van der Waals surface area (Å²) in [5, 5.41) is 4.25. The number of nitrogens with one attached hydrogen (secondary N) is 1. The van der Waals surface area contributed by atoms with Crippen molar-refractivity contribution in [3.63, 3.8) is 0 Å². The molecule has 0 amide bonds. The number of benzene rings is 2. The third kappa shape index (κ3) is 3.04. The van der Waals surface area contributed by atoms with E-state index < -0.39 is 0 Å². The van der Waals surface area contributed by atoms with Crippen LogP contribution in [-0.2, 0) is 0 Å². The van der Waals surface area contributed by atoms with Crippen LogP contribution in [0.5, 0.6) is 0 Å². The SMILES string of the molecule is CCNC(c1cccc(Cl)c1)c1ccc2nccnc2c1. The number of rotatable bonds is 4. The van der Waals surface area contributed by atoms with E-state index in [0.29, 0.717) is 0 Å². The van der Waals surface area contributed by atoms with Crippen molar-refractivity contribution in [3.05, 3.63) is 71.0 Å². The molecule has 0 bridgehead atoms. The molecule has 0 spiro atoms. The Balaban J connectivity index is 2.06.